The van der Waals surface area contributed by atoms with Crippen LogP contribution in [0.5, 0.6) is 0 Å². The molecular formula is C14H18BrNOS. The van der Waals surface area contributed by atoms with Gasteiger partial charge < -0.3 is 4.90 Å². The van der Waals surface area contributed by atoms with E-state index in [1.54, 1.807) is 11.3 Å². The fourth-order valence-electron chi connectivity index (χ4n) is 2.97. The van der Waals surface area contributed by atoms with Crippen molar-refractivity contribution in [2.45, 2.75) is 32.1 Å². The largest absolute Gasteiger partial charge is 0.338 e. The van der Waals surface area contributed by atoms with Crippen LogP contribution in [0, 0.1) is 5.92 Å². The Bertz CT molecular complexity index is 435. The number of alkyl halides is 1. The van der Waals surface area contributed by atoms with E-state index in [9.17, 15) is 4.79 Å². The van der Waals surface area contributed by atoms with Gasteiger partial charge in [-0.3, -0.25) is 4.79 Å². The SMILES string of the molecule is O=C(c1cc2c(s1)CCC2)N1CCCC(CBr)C1. The zero-order valence-electron chi connectivity index (χ0n) is 10.5. The molecule has 0 spiro atoms. The minimum atomic E-state index is 0.264. The van der Waals surface area contributed by atoms with E-state index in [2.05, 4.69) is 26.9 Å². The average Bonchev–Trinajstić information content (AvgIpc) is 2.98. The van der Waals surface area contributed by atoms with Crippen LogP contribution in [0.2, 0.25) is 0 Å². The topological polar surface area (TPSA) is 20.3 Å². The molecule has 1 aromatic rings. The molecule has 2 nitrogen and oxygen atoms in total. The number of nitrogens with zero attached hydrogens (tertiary/aromatic N) is 1. The predicted octanol–water partition coefficient (Wildman–Crippen LogP) is 3.48. The number of amides is 1. The van der Waals surface area contributed by atoms with Crippen LogP contribution in [0.25, 0.3) is 0 Å². The number of hydrogen-bond donors (Lipinski definition) is 0. The fourth-order valence-corrected chi connectivity index (χ4v) is 4.72. The van der Waals surface area contributed by atoms with Gasteiger partial charge in [-0.15, -0.1) is 11.3 Å². The van der Waals surface area contributed by atoms with E-state index in [-0.39, 0.29) is 5.91 Å². The van der Waals surface area contributed by atoms with E-state index in [1.807, 2.05) is 0 Å². The lowest BCUT2D eigenvalue weighted by Gasteiger charge is -2.31. The van der Waals surface area contributed by atoms with Crippen molar-refractivity contribution in [2.75, 3.05) is 18.4 Å². The number of piperidine rings is 1. The molecule has 0 bridgehead atoms. The molecule has 1 unspecified atom stereocenters. The highest BCUT2D eigenvalue weighted by molar-refractivity contribution is 9.09. The van der Waals surface area contributed by atoms with Crippen LogP contribution in [0.4, 0.5) is 0 Å². The summed E-state index contributed by atoms with van der Waals surface area (Å²) >= 11 is 5.27. The second-order valence-corrected chi connectivity index (χ2v) is 7.11. The third-order valence-electron chi connectivity index (χ3n) is 3.98. The fraction of sp³-hybridized carbons (Fsp3) is 0.643. The van der Waals surface area contributed by atoms with Crippen molar-refractivity contribution in [3.63, 3.8) is 0 Å². The Balaban J connectivity index is 1.73. The van der Waals surface area contributed by atoms with Gasteiger partial charge in [0.25, 0.3) is 5.91 Å². The van der Waals surface area contributed by atoms with Crippen molar-refractivity contribution in [2.24, 2.45) is 5.92 Å². The van der Waals surface area contributed by atoms with Gasteiger partial charge in [0.1, 0.15) is 0 Å². The third-order valence-corrected chi connectivity index (χ3v) is 6.12. The molecule has 1 atom stereocenters. The first-order valence-electron chi connectivity index (χ1n) is 6.74. The molecule has 1 saturated heterocycles. The van der Waals surface area contributed by atoms with E-state index in [4.69, 9.17) is 0 Å². The number of likely N-dealkylation sites (tertiary alicyclic amines) is 1. The molecule has 18 heavy (non-hydrogen) atoms. The highest BCUT2D eigenvalue weighted by atomic mass is 79.9. The van der Waals surface area contributed by atoms with Crippen LogP contribution in [0.15, 0.2) is 6.07 Å². The molecule has 1 aromatic heterocycles. The van der Waals surface area contributed by atoms with Gasteiger partial charge >= 0.3 is 0 Å². The van der Waals surface area contributed by atoms with E-state index in [0.29, 0.717) is 5.92 Å². The Hall–Kier alpha value is -0.350. The summed E-state index contributed by atoms with van der Waals surface area (Å²) in [4.78, 5) is 17.0. The van der Waals surface area contributed by atoms with Crippen LogP contribution < -0.4 is 0 Å². The maximum atomic E-state index is 12.5. The Kier molecular flexibility index (Phi) is 3.76. The zero-order valence-corrected chi connectivity index (χ0v) is 12.9. The van der Waals surface area contributed by atoms with Gasteiger partial charge in [-0.05, 0) is 49.7 Å². The maximum Gasteiger partial charge on any atom is 0.263 e. The van der Waals surface area contributed by atoms with Crippen LogP contribution in [-0.2, 0) is 12.8 Å². The number of rotatable bonds is 2. The number of thiophene rings is 1. The Morgan fingerprint density at radius 3 is 3.11 bits per heavy atom. The summed E-state index contributed by atoms with van der Waals surface area (Å²) < 4.78 is 0. The number of fused-ring (bicyclic) bond motifs is 1. The molecular weight excluding hydrogens is 310 g/mol. The monoisotopic (exact) mass is 327 g/mol. The molecule has 98 valence electrons. The van der Waals surface area contributed by atoms with Crippen LogP contribution in [-0.4, -0.2) is 29.2 Å². The van der Waals surface area contributed by atoms with E-state index in [0.717, 1.165) is 29.7 Å². The molecule has 0 aromatic carbocycles. The molecule has 0 radical (unpaired) electrons. The number of carbonyl (C=O) groups excluding carboxylic acids is 1. The first kappa shape index (κ1) is 12.7. The summed E-state index contributed by atoms with van der Waals surface area (Å²) in [6, 6.07) is 2.15. The second kappa shape index (κ2) is 5.33. The Labute approximate surface area is 120 Å². The molecule has 0 N–H and O–H groups in total. The van der Waals surface area contributed by atoms with Gasteiger partial charge in [-0.25, -0.2) is 0 Å². The standard InChI is InChI=1S/C14H18BrNOS/c15-8-10-3-2-6-16(9-10)14(17)13-7-11-4-1-5-12(11)18-13/h7,10H,1-6,8-9H2. The molecule has 1 aliphatic heterocycles. The summed E-state index contributed by atoms with van der Waals surface area (Å²) in [7, 11) is 0. The average molecular weight is 328 g/mol. The number of carbonyl (C=O) groups is 1. The van der Waals surface area contributed by atoms with Crippen molar-refractivity contribution in [3.05, 3.63) is 21.4 Å². The lowest BCUT2D eigenvalue weighted by molar-refractivity contribution is 0.0691. The first-order chi connectivity index (χ1) is 8.78. The molecule has 2 aliphatic rings. The van der Waals surface area contributed by atoms with E-state index in [1.165, 1.54) is 36.1 Å². The summed E-state index contributed by atoms with van der Waals surface area (Å²) in [6.07, 6.45) is 6.01. The van der Waals surface area contributed by atoms with Gasteiger partial charge in [0, 0.05) is 23.3 Å². The number of aryl methyl sites for hydroxylation is 2. The summed E-state index contributed by atoms with van der Waals surface area (Å²) in [5.74, 6) is 0.898. The molecule has 3 rings (SSSR count). The van der Waals surface area contributed by atoms with E-state index < -0.39 is 0 Å². The zero-order chi connectivity index (χ0) is 12.5. The van der Waals surface area contributed by atoms with Crippen molar-refractivity contribution >= 4 is 33.2 Å². The van der Waals surface area contributed by atoms with Gasteiger partial charge in [-0.1, -0.05) is 15.9 Å². The maximum absolute atomic E-state index is 12.5. The lowest BCUT2D eigenvalue weighted by atomic mass is 10.00. The van der Waals surface area contributed by atoms with Crippen LogP contribution in [0.1, 0.15) is 39.4 Å². The van der Waals surface area contributed by atoms with Crippen molar-refractivity contribution in [1.82, 2.24) is 4.90 Å². The van der Waals surface area contributed by atoms with Crippen molar-refractivity contribution < 1.29 is 4.79 Å². The van der Waals surface area contributed by atoms with Gasteiger partial charge in [0.15, 0.2) is 0 Å². The quantitative estimate of drug-likeness (QED) is 0.761. The van der Waals surface area contributed by atoms with Gasteiger partial charge in [-0.2, -0.15) is 0 Å². The highest BCUT2D eigenvalue weighted by Crippen LogP contribution is 2.32. The molecule has 1 amide bonds. The second-order valence-electron chi connectivity index (χ2n) is 5.33. The number of halogens is 1. The molecule has 0 saturated carbocycles. The lowest BCUT2D eigenvalue weighted by Crippen LogP contribution is -2.40. The Morgan fingerprint density at radius 2 is 2.33 bits per heavy atom. The van der Waals surface area contributed by atoms with E-state index >= 15 is 0 Å². The molecule has 4 heteroatoms. The molecule has 1 fully saturated rings. The van der Waals surface area contributed by atoms with Gasteiger partial charge in [0.05, 0.1) is 4.88 Å². The van der Waals surface area contributed by atoms with Crippen LogP contribution >= 0.6 is 27.3 Å². The molecule has 2 heterocycles. The number of hydrogen-bond acceptors (Lipinski definition) is 2. The third kappa shape index (κ3) is 2.37. The van der Waals surface area contributed by atoms with Crippen molar-refractivity contribution in [1.29, 1.82) is 0 Å². The van der Waals surface area contributed by atoms with Gasteiger partial charge in [0.2, 0.25) is 0 Å². The molecule has 1 aliphatic carbocycles. The summed E-state index contributed by atoms with van der Waals surface area (Å²) in [6.45, 7) is 1.86. The minimum absolute atomic E-state index is 0.264. The normalized spacial score (nSPS) is 23.2. The smallest absolute Gasteiger partial charge is 0.263 e. The predicted molar refractivity (Wildman–Crippen MR) is 78.8 cm³/mol. The van der Waals surface area contributed by atoms with Crippen LogP contribution in [0.3, 0.4) is 0 Å². The first-order valence-corrected chi connectivity index (χ1v) is 8.68. The Morgan fingerprint density at radius 1 is 1.44 bits per heavy atom. The highest BCUT2D eigenvalue weighted by Gasteiger charge is 2.26. The van der Waals surface area contributed by atoms with Crippen molar-refractivity contribution in [3.8, 4) is 0 Å². The summed E-state index contributed by atoms with van der Waals surface area (Å²) in [5, 5.41) is 1.01. The summed E-state index contributed by atoms with van der Waals surface area (Å²) in [5.41, 5.74) is 1.43. The minimum Gasteiger partial charge on any atom is -0.338 e.